The van der Waals surface area contributed by atoms with Crippen molar-refractivity contribution >= 4 is 51.1 Å². The minimum atomic E-state index is -0.226. The predicted molar refractivity (Wildman–Crippen MR) is 96.5 cm³/mol. The van der Waals surface area contributed by atoms with Gasteiger partial charge in [-0.1, -0.05) is 52.7 Å². The van der Waals surface area contributed by atoms with Crippen molar-refractivity contribution in [1.82, 2.24) is 4.98 Å². The van der Waals surface area contributed by atoms with Gasteiger partial charge in [-0.3, -0.25) is 4.79 Å². The quantitative estimate of drug-likeness (QED) is 0.602. The molecule has 3 rings (SSSR count). The zero-order chi connectivity index (χ0) is 16.4. The first-order valence-corrected chi connectivity index (χ1v) is 8.40. The fraction of sp³-hybridized carbons (Fsp3) is 0.0588. The van der Waals surface area contributed by atoms with Crippen molar-refractivity contribution in [1.29, 1.82) is 0 Å². The van der Waals surface area contributed by atoms with E-state index >= 15 is 0 Å². The number of rotatable bonds is 4. The number of benzene rings is 2. The number of thiazole rings is 1. The van der Waals surface area contributed by atoms with Gasteiger partial charge in [-0.15, -0.1) is 0 Å². The number of aryl methyl sites for hydroxylation is 1. The summed E-state index contributed by atoms with van der Waals surface area (Å²) in [5, 5.41) is 4.51. The van der Waals surface area contributed by atoms with Gasteiger partial charge < -0.3 is 5.32 Å². The molecule has 3 nitrogen and oxygen atoms in total. The maximum Gasteiger partial charge on any atom is 0.207 e. The van der Waals surface area contributed by atoms with Gasteiger partial charge in [-0.05, 0) is 36.8 Å². The number of nitrogens with one attached hydrogen (secondary N) is 1. The summed E-state index contributed by atoms with van der Waals surface area (Å²) in [5.41, 5.74) is 2.38. The monoisotopic (exact) mass is 362 g/mol. The highest BCUT2D eigenvalue weighted by molar-refractivity contribution is 7.17. The Morgan fingerprint density at radius 3 is 2.52 bits per heavy atom. The van der Waals surface area contributed by atoms with Gasteiger partial charge in [-0.2, -0.15) is 0 Å². The Morgan fingerprint density at radius 1 is 1.13 bits per heavy atom. The molecule has 0 fully saturated rings. The molecule has 0 aliphatic rings. The van der Waals surface area contributed by atoms with Crippen molar-refractivity contribution in [3.8, 4) is 0 Å². The SMILES string of the molecule is Cc1cccc(Nc2ncc(C(=O)c3c(Cl)cccc3Cl)s2)c1. The lowest BCUT2D eigenvalue weighted by Gasteiger charge is -2.04. The van der Waals surface area contributed by atoms with Crippen LogP contribution in [0.5, 0.6) is 0 Å². The van der Waals surface area contributed by atoms with Crippen LogP contribution in [0.1, 0.15) is 20.8 Å². The third-order valence-corrected chi connectivity index (χ3v) is 4.73. The van der Waals surface area contributed by atoms with Crippen LogP contribution in [-0.2, 0) is 0 Å². The molecule has 0 saturated heterocycles. The lowest BCUT2D eigenvalue weighted by Crippen LogP contribution is -2.00. The molecule has 1 N–H and O–H groups in total. The molecule has 116 valence electrons. The second kappa shape index (κ2) is 6.71. The molecule has 0 aliphatic carbocycles. The van der Waals surface area contributed by atoms with Gasteiger partial charge in [-0.25, -0.2) is 4.98 Å². The fourth-order valence-corrected chi connectivity index (χ4v) is 3.47. The number of nitrogens with zero attached hydrogens (tertiary/aromatic N) is 1. The van der Waals surface area contributed by atoms with Crippen molar-refractivity contribution in [3.05, 3.63) is 74.7 Å². The number of anilines is 2. The predicted octanol–water partition coefficient (Wildman–Crippen LogP) is 5.73. The topological polar surface area (TPSA) is 42.0 Å². The van der Waals surface area contributed by atoms with Crippen LogP contribution in [-0.4, -0.2) is 10.8 Å². The molecule has 0 atom stereocenters. The van der Waals surface area contributed by atoms with E-state index < -0.39 is 0 Å². The molecule has 0 aliphatic heterocycles. The number of carbonyl (C=O) groups is 1. The van der Waals surface area contributed by atoms with E-state index in [0.29, 0.717) is 25.6 Å². The summed E-state index contributed by atoms with van der Waals surface area (Å²) in [6, 6.07) is 12.9. The Bertz CT molecular complexity index is 856. The molecule has 23 heavy (non-hydrogen) atoms. The largest absolute Gasteiger partial charge is 0.332 e. The smallest absolute Gasteiger partial charge is 0.207 e. The lowest BCUT2D eigenvalue weighted by atomic mass is 10.1. The van der Waals surface area contributed by atoms with Crippen LogP contribution in [0.25, 0.3) is 0 Å². The number of aromatic nitrogens is 1. The molecule has 6 heteroatoms. The maximum absolute atomic E-state index is 12.6. The summed E-state index contributed by atoms with van der Waals surface area (Å²) in [6.07, 6.45) is 1.53. The molecule has 0 bridgehead atoms. The van der Waals surface area contributed by atoms with E-state index in [1.54, 1.807) is 18.2 Å². The van der Waals surface area contributed by atoms with Gasteiger partial charge in [0, 0.05) is 5.69 Å². The Labute approximate surface area is 147 Å². The molecular weight excluding hydrogens is 351 g/mol. The van der Waals surface area contributed by atoms with Gasteiger partial charge in [0.05, 0.1) is 26.7 Å². The van der Waals surface area contributed by atoms with E-state index in [1.807, 2.05) is 31.2 Å². The lowest BCUT2D eigenvalue weighted by molar-refractivity contribution is 0.104. The van der Waals surface area contributed by atoms with E-state index in [4.69, 9.17) is 23.2 Å². The number of carbonyl (C=O) groups excluding carboxylic acids is 1. The molecule has 0 radical (unpaired) electrons. The minimum Gasteiger partial charge on any atom is -0.332 e. The van der Waals surface area contributed by atoms with E-state index in [1.165, 1.54) is 17.5 Å². The summed E-state index contributed by atoms with van der Waals surface area (Å²) < 4.78 is 0. The number of ketones is 1. The van der Waals surface area contributed by atoms with E-state index in [0.717, 1.165) is 11.3 Å². The van der Waals surface area contributed by atoms with Crippen LogP contribution in [0, 0.1) is 6.92 Å². The summed E-state index contributed by atoms with van der Waals surface area (Å²) >= 11 is 13.4. The molecule has 2 aromatic carbocycles. The number of halogens is 2. The summed E-state index contributed by atoms with van der Waals surface area (Å²) in [7, 11) is 0. The maximum atomic E-state index is 12.6. The summed E-state index contributed by atoms with van der Waals surface area (Å²) in [5.74, 6) is -0.226. The van der Waals surface area contributed by atoms with E-state index in [2.05, 4.69) is 10.3 Å². The van der Waals surface area contributed by atoms with Crippen LogP contribution in [0.15, 0.2) is 48.7 Å². The Morgan fingerprint density at radius 2 is 1.83 bits per heavy atom. The third-order valence-electron chi connectivity index (χ3n) is 3.19. The third kappa shape index (κ3) is 3.55. The van der Waals surface area contributed by atoms with Crippen molar-refractivity contribution in [3.63, 3.8) is 0 Å². The highest BCUT2D eigenvalue weighted by Crippen LogP contribution is 2.30. The highest BCUT2D eigenvalue weighted by atomic mass is 35.5. The highest BCUT2D eigenvalue weighted by Gasteiger charge is 2.19. The summed E-state index contributed by atoms with van der Waals surface area (Å²) in [4.78, 5) is 17.3. The first kappa shape index (κ1) is 16.0. The Kier molecular flexibility index (Phi) is 4.66. The molecule has 0 unspecified atom stereocenters. The van der Waals surface area contributed by atoms with Gasteiger partial charge in [0.25, 0.3) is 0 Å². The van der Waals surface area contributed by atoms with Crippen molar-refractivity contribution in [2.24, 2.45) is 0 Å². The van der Waals surface area contributed by atoms with Gasteiger partial charge in [0.1, 0.15) is 0 Å². The molecule has 0 amide bonds. The average molecular weight is 363 g/mol. The number of hydrogen-bond donors (Lipinski definition) is 1. The van der Waals surface area contributed by atoms with Gasteiger partial charge in [0.2, 0.25) is 5.78 Å². The van der Waals surface area contributed by atoms with Crippen molar-refractivity contribution in [2.45, 2.75) is 6.92 Å². The van der Waals surface area contributed by atoms with Crippen LogP contribution in [0.4, 0.5) is 10.8 Å². The first-order chi connectivity index (χ1) is 11.0. The van der Waals surface area contributed by atoms with E-state index in [-0.39, 0.29) is 5.78 Å². The van der Waals surface area contributed by atoms with Crippen LogP contribution in [0.2, 0.25) is 10.0 Å². The number of hydrogen-bond acceptors (Lipinski definition) is 4. The molecule has 3 aromatic rings. The van der Waals surface area contributed by atoms with Crippen LogP contribution < -0.4 is 5.32 Å². The van der Waals surface area contributed by atoms with Crippen LogP contribution in [0.3, 0.4) is 0 Å². The normalized spacial score (nSPS) is 10.6. The first-order valence-electron chi connectivity index (χ1n) is 6.83. The second-order valence-electron chi connectivity index (χ2n) is 4.95. The molecule has 0 spiro atoms. The zero-order valence-corrected chi connectivity index (χ0v) is 14.5. The Hall–Kier alpha value is -1.88. The molecular formula is C17H12Cl2N2OS. The fourth-order valence-electron chi connectivity index (χ4n) is 2.12. The Balaban J connectivity index is 1.86. The zero-order valence-electron chi connectivity index (χ0n) is 12.1. The van der Waals surface area contributed by atoms with Crippen molar-refractivity contribution < 1.29 is 4.79 Å². The van der Waals surface area contributed by atoms with E-state index in [9.17, 15) is 4.79 Å². The average Bonchev–Trinajstić information content (AvgIpc) is 2.95. The van der Waals surface area contributed by atoms with Gasteiger partial charge >= 0.3 is 0 Å². The van der Waals surface area contributed by atoms with Gasteiger partial charge in [0.15, 0.2) is 5.13 Å². The summed E-state index contributed by atoms with van der Waals surface area (Å²) in [6.45, 7) is 2.02. The van der Waals surface area contributed by atoms with Crippen molar-refractivity contribution in [2.75, 3.05) is 5.32 Å². The molecule has 1 heterocycles. The van der Waals surface area contributed by atoms with Crippen LogP contribution >= 0.6 is 34.5 Å². The second-order valence-corrected chi connectivity index (χ2v) is 6.79. The molecule has 0 saturated carbocycles. The minimum absolute atomic E-state index is 0.226. The standard InChI is InChI=1S/C17H12Cl2N2OS/c1-10-4-2-5-11(8-10)21-17-20-9-14(23-17)16(22)15-12(18)6-3-7-13(15)19/h2-9H,1H3,(H,20,21). The molecule has 1 aromatic heterocycles.